The van der Waals surface area contributed by atoms with Crippen LogP contribution >= 0.6 is 15.9 Å². The van der Waals surface area contributed by atoms with Crippen LogP contribution in [0, 0.1) is 0 Å². The monoisotopic (exact) mass is 314 g/mol. The quantitative estimate of drug-likeness (QED) is 0.860. The smallest absolute Gasteiger partial charge is 0.248 e. The van der Waals surface area contributed by atoms with Crippen LogP contribution in [-0.4, -0.2) is 27.6 Å². The van der Waals surface area contributed by atoms with E-state index < -0.39 is 6.04 Å². The molecule has 7 heteroatoms. The van der Waals surface area contributed by atoms with Crippen LogP contribution in [0.3, 0.4) is 0 Å². The van der Waals surface area contributed by atoms with E-state index in [1.807, 2.05) is 0 Å². The minimum Gasteiger partial charge on any atom is -0.344 e. The van der Waals surface area contributed by atoms with Crippen LogP contribution in [0.15, 0.2) is 10.7 Å². The molecule has 98 valence electrons. The number of aromatic nitrogens is 2. The van der Waals surface area contributed by atoms with Crippen molar-refractivity contribution in [2.75, 3.05) is 5.32 Å². The van der Waals surface area contributed by atoms with Crippen molar-refractivity contribution in [1.82, 2.24) is 15.1 Å². The summed E-state index contributed by atoms with van der Waals surface area (Å²) in [6, 6.07) is 1.27. The summed E-state index contributed by atoms with van der Waals surface area (Å²) in [5.74, 6) is 0.352. The van der Waals surface area contributed by atoms with Gasteiger partial charge in [-0.25, -0.2) is 0 Å². The van der Waals surface area contributed by atoms with Gasteiger partial charge in [0.1, 0.15) is 16.5 Å². The van der Waals surface area contributed by atoms with Crippen LogP contribution in [-0.2, 0) is 16.6 Å². The fourth-order valence-corrected chi connectivity index (χ4v) is 2.39. The molecule has 1 saturated heterocycles. The average molecular weight is 315 g/mol. The Labute approximate surface area is 113 Å². The van der Waals surface area contributed by atoms with Crippen LogP contribution in [0.1, 0.15) is 25.7 Å². The third kappa shape index (κ3) is 3.10. The Morgan fingerprint density at radius 3 is 3.06 bits per heavy atom. The molecule has 0 spiro atoms. The van der Waals surface area contributed by atoms with E-state index in [0.29, 0.717) is 23.3 Å². The fraction of sp³-hybridized carbons (Fsp3) is 0.545. The molecule has 0 saturated carbocycles. The maximum absolute atomic E-state index is 12.0. The molecule has 18 heavy (non-hydrogen) atoms. The molecule has 2 N–H and O–H groups in total. The summed E-state index contributed by atoms with van der Waals surface area (Å²) in [5.41, 5.74) is 0. The van der Waals surface area contributed by atoms with Gasteiger partial charge in [-0.15, -0.1) is 0 Å². The van der Waals surface area contributed by atoms with Gasteiger partial charge in [0.05, 0.1) is 0 Å². The predicted molar refractivity (Wildman–Crippen MR) is 69.9 cm³/mol. The molecule has 0 aliphatic carbocycles. The first-order chi connectivity index (χ1) is 8.56. The molecule has 0 radical (unpaired) electrons. The molecule has 0 aromatic carbocycles. The highest BCUT2D eigenvalue weighted by Gasteiger charge is 2.23. The molecule has 1 aromatic heterocycles. The van der Waals surface area contributed by atoms with Crippen molar-refractivity contribution in [1.29, 1.82) is 0 Å². The topological polar surface area (TPSA) is 76.0 Å². The molecule has 1 aliphatic heterocycles. The molecule has 1 fully saturated rings. The molecule has 1 aromatic rings. The second-order valence-corrected chi connectivity index (χ2v) is 5.14. The lowest BCUT2D eigenvalue weighted by atomic mass is 10.1. The summed E-state index contributed by atoms with van der Waals surface area (Å²) in [6.07, 6.45) is 2.90. The van der Waals surface area contributed by atoms with Gasteiger partial charge in [0.15, 0.2) is 0 Å². The second-order valence-electron chi connectivity index (χ2n) is 4.33. The number of halogens is 1. The van der Waals surface area contributed by atoms with Crippen LogP contribution in [0.25, 0.3) is 0 Å². The zero-order valence-corrected chi connectivity index (χ0v) is 11.7. The van der Waals surface area contributed by atoms with Crippen molar-refractivity contribution in [3.63, 3.8) is 0 Å². The maximum Gasteiger partial charge on any atom is 0.248 e. The Hall–Kier alpha value is -1.37. The highest BCUT2D eigenvalue weighted by Crippen LogP contribution is 2.16. The Morgan fingerprint density at radius 2 is 2.39 bits per heavy atom. The first-order valence-electron chi connectivity index (χ1n) is 5.86. The minimum absolute atomic E-state index is 0.0566. The van der Waals surface area contributed by atoms with Gasteiger partial charge in [-0.1, -0.05) is 6.42 Å². The lowest BCUT2D eigenvalue weighted by Crippen LogP contribution is -2.42. The number of nitrogens with zero attached hydrogens (tertiary/aromatic N) is 2. The summed E-state index contributed by atoms with van der Waals surface area (Å²) < 4.78 is 2.23. The van der Waals surface area contributed by atoms with Crippen molar-refractivity contribution >= 4 is 33.6 Å². The van der Waals surface area contributed by atoms with Crippen LogP contribution in [0.2, 0.25) is 0 Å². The standard InChI is InChI=1S/C11H15BrN4O2/c1-16-9(6-8(12)15-16)14-11(18)7-4-2-3-5-10(17)13-7/h6-7H,2-5H2,1H3,(H,13,17)(H,14,18)/t7-/m1/s1. The van der Waals surface area contributed by atoms with E-state index in [4.69, 9.17) is 0 Å². The summed E-state index contributed by atoms with van der Waals surface area (Å²) in [4.78, 5) is 23.5. The van der Waals surface area contributed by atoms with E-state index in [1.165, 1.54) is 0 Å². The molecule has 1 aliphatic rings. The van der Waals surface area contributed by atoms with E-state index in [0.717, 1.165) is 12.8 Å². The van der Waals surface area contributed by atoms with Crippen molar-refractivity contribution in [3.05, 3.63) is 10.7 Å². The van der Waals surface area contributed by atoms with Crippen molar-refractivity contribution < 1.29 is 9.59 Å². The van der Waals surface area contributed by atoms with Crippen LogP contribution < -0.4 is 10.6 Å². The van der Waals surface area contributed by atoms with E-state index in [-0.39, 0.29) is 11.8 Å². The molecular formula is C11H15BrN4O2. The van der Waals surface area contributed by atoms with Gasteiger partial charge in [0.2, 0.25) is 11.8 Å². The first kappa shape index (κ1) is 13.1. The van der Waals surface area contributed by atoms with E-state index >= 15 is 0 Å². The van der Waals surface area contributed by atoms with Crippen LogP contribution in [0.5, 0.6) is 0 Å². The lowest BCUT2D eigenvalue weighted by Gasteiger charge is -2.15. The predicted octanol–water partition coefficient (Wildman–Crippen LogP) is 1.18. The number of carbonyl (C=O) groups excluding carboxylic acids is 2. The largest absolute Gasteiger partial charge is 0.344 e. The third-order valence-corrected chi connectivity index (χ3v) is 3.29. The summed E-state index contributed by atoms with van der Waals surface area (Å²) >= 11 is 3.24. The fourth-order valence-electron chi connectivity index (χ4n) is 1.93. The molecule has 1 atom stereocenters. The molecule has 2 amide bonds. The summed E-state index contributed by atoms with van der Waals surface area (Å²) in [5, 5.41) is 9.57. The molecular weight excluding hydrogens is 300 g/mol. The van der Waals surface area contributed by atoms with E-state index in [9.17, 15) is 9.59 Å². The molecule has 2 rings (SSSR count). The minimum atomic E-state index is -0.450. The Kier molecular flexibility index (Phi) is 4.00. The normalized spacial score (nSPS) is 20.1. The number of aryl methyl sites for hydroxylation is 1. The SMILES string of the molecule is Cn1nc(Br)cc1NC(=O)[C@H]1CCCCC(=O)N1. The van der Waals surface area contributed by atoms with Gasteiger partial charge in [0.25, 0.3) is 0 Å². The Balaban J connectivity index is 2.02. The first-order valence-corrected chi connectivity index (χ1v) is 6.65. The average Bonchev–Trinajstić information content (AvgIpc) is 2.52. The van der Waals surface area contributed by atoms with Gasteiger partial charge in [-0.05, 0) is 28.8 Å². The van der Waals surface area contributed by atoms with Crippen molar-refractivity contribution in [2.24, 2.45) is 7.05 Å². The molecule has 6 nitrogen and oxygen atoms in total. The maximum atomic E-state index is 12.0. The van der Waals surface area contributed by atoms with E-state index in [2.05, 4.69) is 31.7 Å². The Bertz CT molecular complexity index is 472. The Morgan fingerprint density at radius 1 is 1.61 bits per heavy atom. The molecule has 0 unspecified atom stereocenters. The van der Waals surface area contributed by atoms with E-state index in [1.54, 1.807) is 17.8 Å². The number of anilines is 1. The zero-order chi connectivity index (χ0) is 13.1. The van der Waals surface area contributed by atoms with Crippen molar-refractivity contribution in [2.45, 2.75) is 31.7 Å². The lowest BCUT2D eigenvalue weighted by molar-refractivity contribution is -0.126. The van der Waals surface area contributed by atoms with Gasteiger partial charge >= 0.3 is 0 Å². The second kappa shape index (κ2) is 5.51. The van der Waals surface area contributed by atoms with Crippen LogP contribution in [0.4, 0.5) is 5.82 Å². The van der Waals surface area contributed by atoms with Gasteiger partial charge in [-0.3, -0.25) is 14.3 Å². The van der Waals surface area contributed by atoms with Gasteiger partial charge in [-0.2, -0.15) is 5.10 Å². The highest BCUT2D eigenvalue weighted by molar-refractivity contribution is 9.10. The molecule has 0 bridgehead atoms. The number of hydrogen-bond donors (Lipinski definition) is 2. The number of amides is 2. The third-order valence-electron chi connectivity index (χ3n) is 2.90. The van der Waals surface area contributed by atoms with Gasteiger partial charge < -0.3 is 10.6 Å². The number of rotatable bonds is 2. The van der Waals surface area contributed by atoms with Gasteiger partial charge in [0, 0.05) is 19.5 Å². The summed E-state index contributed by atoms with van der Waals surface area (Å²) in [6.45, 7) is 0. The number of hydrogen-bond acceptors (Lipinski definition) is 3. The molecule has 2 heterocycles. The highest BCUT2D eigenvalue weighted by atomic mass is 79.9. The zero-order valence-electron chi connectivity index (χ0n) is 10.1. The number of carbonyl (C=O) groups is 2. The number of nitrogens with one attached hydrogen (secondary N) is 2. The van der Waals surface area contributed by atoms with Crippen molar-refractivity contribution in [3.8, 4) is 0 Å². The summed E-state index contributed by atoms with van der Waals surface area (Å²) in [7, 11) is 1.74.